The van der Waals surface area contributed by atoms with E-state index in [0.29, 0.717) is 12.2 Å². The van der Waals surface area contributed by atoms with E-state index < -0.39 is 11.0 Å². The molecule has 0 fully saturated rings. The molecule has 0 heterocycles. The second-order valence-electron chi connectivity index (χ2n) is 3.57. The van der Waals surface area contributed by atoms with Gasteiger partial charge in [0.25, 0.3) is 5.69 Å². The van der Waals surface area contributed by atoms with Crippen LogP contribution in [-0.4, -0.2) is 23.4 Å². The van der Waals surface area contributed by atoms with Gasteiger partial charge in [0, 0.05) is 24.4 Å². The number of anilines is 1. The molecule has 0 saturated carbocycles. The van der Waals surface area contributed by atoms with E-state index in [0.717, 1.165) is 0 Å². The van der Waals surface area contributed by atoms with Crippen molar-refractivity contribution in [2.75, 3.05) is 11.9 Å². The standard InChI is InChI=1S/C11H15N3O3/c1-3-12-11(15)8(2)13-9-5-4-6-10(7-9)14(16)17/h4-8,13H,3H2,1-2H3,(H,12,15)/t8-/m0/s1. The van der Waals surface area contributed by atoms with Gasteiger partial charge in [-0.1, -0.05) is 6.07 Å². The smallest absolute Gasteiger partial charge is 0.271 e. The predicted molar refractivity (Wildman–Crippen MR) is 64.9 cm³/mol. The van der Waals surface area contributed by atoms with Crippen LogP contribution in [0.15, 0.2) is 24.3 Å². The minimum Gasteiger partial charge on any atom is -0.374 e. The van der Waals surface area contributed by atoms with E-state index in [2.05, 4.69) is 10.6 Å². The van der Waals surface area contributed by atoms with Gasteiger partial charge >= 0.3 is 0 Å². The van der Waals surface area contributed by atoms with Crippen molar-refractivity contribution in [3.05, 3.63) is 34.4 Å². The first-order valence-corrected chi connectivity index (χ1v) is 5.33. The van der Waals surface area contributed by atoms with E-state index in [-0.39, 0.29) is 11.6 Å². The van der Waals surface area contributed by atoms with Gasteiger partial charge in [0.1, 0.15) is 6.04 Å². The van der Waals surface area contributed by atoms with Gasteiger partial charge in [0.2, 0.25) is 5.91 Å². The van der Waals surface area contributed by atoms with Crippen LogP contribution in [0.3, 0.4) is 0 Å². The average molecular weight is 237 g/mol. The normalized spacial score (nSPS) is 11.6. The Morgan fingerprint density at radius 1 is 1.53 bits per heavy atom. The van der Waals surface area contributed by atoms with Crippen LogP contribution in [0.1, 0.15) is 13.8 Å². The van der Waals surface area contributed by atoms with Crippen molar-refractivity contribution >= 4 is 17.3 Å². The van der Waals surface area contributed by atoms with Crippen molar-refractivity contribution in [3.63, 3.8) is 0 Å². The topological polar surface area (TPSA) is 84.3 Å². The number of hydrogen-bond acceptors (Lipinski definition) is 4. The van der Waals surface area contributed by atoms with E-state index in [1.165, 1.54) is 12.1 Å². The lowest BCUT2D eigenvalue weighted by Gasteiger charge is -2.14. The van der Waals surface area contributed by atoms with Crippen LogP contribution in [0.2, 0.25) is 0 Å². The number of benzene rings is 1. The summed E-state index contributed by atoms with van der Waals surface area (Å²) in [6.07, 6.45) is 0. The van der Waals surface area contributed by atoms with Crippen molar-refractivity contribution in [1.82, 2.24) is 5.32 Å². The molecule has 1 aromatic carbocycles. The van der Waals surface area contributed by atoms with Crippen molar-refractivity contribution in [1.29, 1.82) is 0 Å². The molecule has 0 aliphatic carbocycles. The molecule has 0 bridgehead atoms. The molecular weight excluding hydrogens is 222 g/mol. The Bertz CT molecular complexity index is 420. The van der Waals surface area contributed by atoms with Crippen LogP contribution < -0.4 is 10.6 Å². The van der Waals surface area contributed by atoms with Gasteiger partial charge in [-0.05, 0) is 19.9 Å². The van der Waals surface area contributed by atoms with Crippen LogP contribution in [0.25, 0.3) is 0 Å². The number of hydrogen-bond donors (Lipinski definition) is 2. The number of nitro benzene ring substituents is 1. The molecule has 0 saturated heterocycles. The minimum atomic E-state index is -0.470. The molecule has 2 N–H and O–H groups in total. The number of likely N-dealkylation sites (N-methyl/N-ethyl adjacent to an activating group) is 1. The van der Waals surface area contributed by atoms with E-state index >= 15 is 0 Å². The largest absolute Gasteiger partial charge is 0.374 e. The van der Waals surface area contributed by atoms with Crippen LogP contribution in [0, 0.1) is 10.1 Å². The van der Waals surface area contributed by atoms with E-state index in [4.69, 9.17) is 0 Å². The number of rotatable bonds is 5. The number of carbonyl (C=O) groups is 1. The maximum Gasteiger partial charge on any atom is 0.271 e. The summed E-state index contributed by atoms with van der Waals surface area (Å²) in [5, 5.41) is 16.1. The lowest BCUT2D eigenvalue weighted by atomic mass is 10.2. The number of amides is 1. The summed E-state index contributed by atoms with van der Waals surface area (Å²) >= 11 is 0. The summed E-state index contributed by atoms with van der Waals surface area (Å²) < 4.78 is 0. The first-order valence-electron chi connectivity index (χ1n) is 5.33. The zero-order chi connectivity index (χ0) is 12.8. The predicted octanol–water partition coefficient (Wildman–Crippen LogP) is 1.53. The fraction of sp³-hybridized carbons (Fsp3) is 0.364. The third kappa shape index (κ3) is 3.75. The Morgan fingerprint density at radius 2 is 2.24 bits per heavy atom. The van der Waals surface area contributed by atoms with Crippen molar-refractivity contribution in [2.24, 2.45) is 0 Å². The second kappa shape index (κ2) is 5.83. The number of non-ortho nitro benzene ring substituents is 1. The molecule has 0 aliphatic rings. The molecule has 92 valence electrons. The highest BCUT2D eigenvalue weighted by atomic mass is 16.6. The Hall–Kier alpha value is -2.11. The summed E-state index contributed by atoms with van der Waals surface area (Å²) in [4.78, 5) is 21.6. The summed E-state index contributed by atoms with van der Waals surface area (Å²) in [5.41, 5.74) is 0.552. The van der Waals surface area contributed by atoms with E-state index in [9.17, 15) is 14.9 Å². The molecule has 0 unspecified atom stereocenters. The number of carbonyl (C=O) groups excluding carboxylic acids is 1. The highest BCUT2D eigenvalue weighted by Crippen LogP contribution is 2.17. The summed E-state index contributed by atoms with van der Waals surface area (Å²) in [7, 11) is 0. The number of nitrogens with one attached hydrogen (secondary N) is 2. The lowest BCUT2D eigenvalue weighted by molar-refractivity contribution is -0.384. The quantitative estimate of drug-likeness (QED) is 0.600. The second-order valence-corrected chi connectivity index (χ2v) is 3.57. The summed E-state index contributed by atoms with van der Waals surface area (Å²) in [5.74, 6) is -0.140. The Morgan fingerprint density at radius 3 is 2.82 bits per heavy atom. The Kier molecular flexibility index (Phi) is 4.45. The molecule has 1 atom stereocenters. The molecule has 1 aromatic rings. The van der Waals surface area contributed by atoms with Gasteiger partial charge in [-0.15, -0.1) is 0 Å². The molecule has 1 amide bonds. The van der Waals surface area contributed by atoms with Gasteiger partial charge in [-0.25, -0.2) is 0 Å². The van der Waals surface area contributed by atoms with Gasteiger partial charge in [0.05, 0.1) is 4.92 Å². The number of nitro groups is 1. The molecule has 6 heteroatoms. The SMILES string of the molecule is CCNC(=O)[C@H](C)Nc1cccc([N+](=O)[O-])c1. The van der Waals surface area contributed by atoms with Crippen molar-refractivity contribution in [2.45, 2.75) is 19.9 Å². The fourth-order valence-corrected chi connectivity index (χ4v) is 1.35. The maximum atomic E-state index is 11.5. The molecule has 0 aromatic heterocycles. The monoisotopic (exact) mass is 237 g/mol. The summed E-state index contributed by atoms with van der Waals surface area (Å²) in [6.45, 7) is 4.08. The highest BCUT2D eigenvalue weighted by molar-refractivity contribution is 5.84. The third-order valence-corrected chi connectivity index (χ3v) is 2.18. The minimum absolute atomic E-state index is 0.00176. The maximum absolute atomic E-state index is 11.5. The van der Waals surface area contributed by atoms with Gasteiger partial charge < -0.3 is 10.6 Å². The van der Waals surface area contributed by atoms with Crippen molar-refractivity contribution in [3.8, 4) is 0 Å². The molecule has 0 aliphatic heterocycles. The van der Waals surface area contributed by atoms with Crippen LogP contribution in [0.4, 0.5) is 11.4 Å². The fourth-order valence-electron chi connectivity index (χ4n) is 1.35. The van der Waals surface area contributed by atoms with Crippen LogP contribution in [-0.2, 0) is 4.79 Å². The Balaban J connectivity index is 2.71. The van der Waals surface area contributed by atoms with Gasteiger partial charge in [0.15, 0.2) is 0 Å². The molecule has 1 rings (SSSR count). The van der Waals surface area contributed by atoms with E-state index in [1.807, 2.05) is 6.92 Å². The van der Waals surface area contributed by atoms with E-state index in [1.54, 1.807) is 19.1 Å². The third-order valence-electron chi connectivity index (χ3n) is 2.18. The first kappa shape index (κ1) is 13.0. The van der Waals surface area contributed by atoms with Crippen LogP contribution >= 0.6 is 0 Å². The molecule has 0 radical (unpaired) electrons. The molecule has 0 spiro atoms. The zero-order valence-corrected chi connectivity index (χ0v) is 9.77. The van der Waals surface area contributed by atoms with Gasteiger partial charge in [-0.2, -0.15) is 0 Å². The summed E-state index contributed by atoms with van der Waals surface area (Å²) in [6, 6.07) is 5.63. The van der Waals surface area contributed by atoms with Crippen molar-refractivity contribution < 1.29 is 9.72 Å². The number of nitrogens with zero attached hydrogens (tertiary/aromatic N) is 1. The average Bonchev–Trinajstić information content (AvgIpc) is 2.29. The highest BCUT2D eigenvalue weighted by Gasteiger charge is 2.12. The zero-order valence-electron chi connectivity index (χ0n) is 9.77. The molecular formula is C11H15N3O3. The van der Waals surface area contributed by atoms with Crippen LogP contribution in [0.5, 0.6) is 0 Å². The molecule has 17 heavy (non-hydrogen) atoms. The Labute approximate surface area is 99.2 Å². The van der Waals surface area contributed by atoms with Gasteiger partial charge in [-0.3, -0.25) is 14.9 Å². The molecule has 6 nitrogen and oxygen atoms in total. The first-order chi connectivity index (χ1) is 8.04. The lowest BCUT2D eigenvalue weighted by Crippen LogP contribution is -2.37.